The van der Waals surface area contributed by atoms with Crippen molar-refractivity contribution in [3.8, 4) is 16.9 Å². The largest absolute Gasteiger partial charge is 0.492 e. The van der Waals surface area contributed by atoms with E-state index in [4.69, 9.17) is 4.74 Å². The molecule has 0 saturated carbocycles. The molecule has 1 atom stereocenters. The molecule has 2 heterocycles. The number of benzene rings is 2. The van der Waals surface area contributed by atoms with Gasteiger partial charge in [-0.1, -0.05) is 48.5 Å². The number of ether oxygens (including phenoxy) is 1. The molecule has 0 spiro atoms. The summed E-state index contributed by atoms with van der Waals surface area (Å²) in [5, 5.41) is 3.36. The van der Waals surface area contributed by atoms with Crippen molar-refractivity contribution < 1.29 is 9.53 Å². The Labute approximate surface area is 171 Å². The Morgan fingerprint density at radius 1 is 1.17 bits per heavy atom. The fourth-order valence-electron chi connectivity index (χ4n) is 3.77. The van der Waals surface area contributed by atoms with Gasteiger partial charge in [-0.25, -0.2) is 4.98 Å². The topological polar surface area (TPSA) is 59.4 Å². The zero-order valence-corrected chi connectivity index (χ0v) is 16.6. The Bertz CT molecular complexity index is 954. The second-order valence-electron chi connectivity index (χ2n) is 7.16. The molecular formula is C23H26N4O2. The van der Waals surface area contributed by atoms with Gasteiger partial charge in [0.05, 0.1) is 13.0 Å². The lowest BCUT2D eigenvalue weighted by Crippen LogP contribution is -2.49. The Kier molecular flexibility index (Phi) is 5.91. The summed E-state index contributed by atoms with van der Waals surface area (Å²) in [4.78, 5) is 19.3. The molecule has 0 radical (unpaired) electrons. The van der Waals surface area contributed by atoms with E-state index in [1.165, 1.54) is 0 Å². The average Bonchev–Trinajstić information content (AvgIpc) is 3.20. The van der Waals surface area contributed by atoms with Gasteiger partial charge in [-0.05, 0) is 11.6 Å². The first-order valence-corrected chi connectivity index (χ1v) is 9.98. The molecule has 3 aromatic rings. The molecule has 6 heteroatoms. The Hall–Kier alpha value is -3.12. The number of aryl methyl sites for hydroxylation is 1. The van der Waals surface area contributed by atoms with Crippen LogP contribution in [-0.4, -0.2) is 46.6 Å². The third-order valence-electron chi connectivity index (χ3n) is 5.27. The van der Waals surface area contributed by atoms with Crippen LogP contribution in [0.1, 0.15) is 18.3 Å². The summed E-state index contributed by atoms with van der Waals surface area (Å²) in [6.07, 6.45) is 4.02. The van der Waals surface area contributed by atoms with Gasteiger partial charge in [0.15, 0.2) is 0 Å². The van der Waals surface area contributed by atoms with Gasteiger partial charge in [0, 0.05) is 44.6 Å². The first-order chi connectivity index (χ1) is 14.2. The quantitative estimate of drug-likeness (QED) is 0.703. The number of nitrogens with zero attached hydrogens (tertiary/aromatic N) is 3. The first-order valence-electron chi connectivity index (χ1n) is 9.98. The number of imidazole rings is 1. The second kappa shape index (κ2) is 8.92. The van der Waals surface area contributed by atoms with Crippen molar-refractivity contribution in [2.24, 2.45) is 7.05 Å². The fourth-order valence-corrected chi connectivity index (χ4v) is 3.77. The molecule has 1 N–H and O–H groups in total. The SMILES string of the molecule is Cn1ccnc1C1CNCCN1C(=O)CCOc1ccccc1-c1ccccc1. The van der Waals surface area contributed by atoms with E-state index in [0.29, 0.717) is 26.1 Å². The highest BCUT2D eigenvalue weighted by molar-refractivity contribution is 5.77. The molecular weight excluding hydrogens is 364 g/mol. The molecule has 1 saturated heterocycles. The van der Waals surface area contributed by atoms with Crippen LogP contribution in [0.4, 0.5) is 0 Å². The Morgan fingerprint density at radius 2 is 1.97 bits per heavy atom. The minimum absolute atomic E-state index is 0.0483. The zero-order valence-electron chi connectivity index (χ0n) is 16.6. The van der Waals surface area contributed by atoms with Crippen molar-refractivity contribution in [3.63, 3.8) is 0 Å². The van der Waals surface area contributed by atoms with E-state index >= 15 is 0 Å². The molecule has 4 rings (SSSR count). The van der Waals surface area contributed by atoms with Crippen molar-refractivity contribution in [3.05, 3.63) is 72.8 Å². The molecule has 1 unspecified atom stereocenters. The smallest absolute Gasteiger partial charge is 0.226 e. The van der Waals surface area contributed by atoms with Crippen LogP contribution in [-0.2, 0) is 11.8 Å². The molecule has 1 aliphatic heterocycles. The molecule has 0 bridgehead atoms. The summed E-state index contributed by atoms with van der Waals surface area (Å²) in [7, 11) is 1.96. The van der Waals surface area contributed by atoms with Crippen LogP contribution < -0.4 is 10.1 Å². The number of carbonyl (C=O) groups is 1. The number of hydrogen-bond acceptors (Lipinski definition) is 4. The maximum absolute atomic E-state index is 12.9. The summed E-state index contributed by atoms with van der Waals surface area (Å²) < 4.78 is 8.00. The van der Waals surface area contributed by atoms with E-state index in [9.17, 15) is 4.79 Å². The number of carbonyl (C=O) groups excluding carboxylic acids is 1. The summed E-state index contributed by atoms with van der Waals surface area (Å²) in [5.41, 5.74) is 2.14. The summed E-state index contributed by atoms with van der Waals surface area (Å²) >= 11 is 0. The maximum atomic E-state index is 12.9. The first kappa shape index (κ1) is 19.2. The van der Waals surface area contributed by atoms with Crippen LogP contribution >= 0.6 is 0 Å². The lowest BCUT2D eigenvalue weighted by molar-refractivity contribution is -0.135. The fraction of sp³-hybridized carbons (Fsp3) is 0.304. The molecule has 150 valence electrons. The predicted octanol–water partition coefficient (Wildman–Crippen LogP) is 3.03. The van der Waals surface area contributed by atoms with Crippen LogP contribution in [0.15, 0.2) is 67.0 Å². The third-order valence-corrected chi connectivity index (χ3v) is 5.27. The zero-order chi connectivity index (χ0) is 20.1. The standard InChI is InChI=1S/C23H26N4O2/c1-26-14-13-25-23(26)20-17-24-12-15-27(20)22(28)11-16-29-21-10-6-5-9-19(21)18-7-3-2-4-8-18/h2-10,13-14,20,24H,11-12,15-17H2,1H3. The van der Waals surface area contributed by atoms with Gasteiger partial charge in [0.2, 0.25) is 5.91 Å². The van der Waals surface area contributed by atoms with E-state index < -0.39 is 0 Å². The molecule has 1 aromatic heterocycles. The normalized spacial score (nSPS) is 16.6. The Morgan fingerprint density at radius 3 is 2.76 bits per heavy atom. The number of piperazine rings is 1. The number of hydrogen-bond donors (Lipinski definition) is 1. The van der Waals surface area contributed by atoms with Gasteiger partial charge in [0.25, 0.3) is 0 Å². The molecule has 1 amide bonds. The van der Waals surface area contributed by atoms with Crippen molar-refractivity contribution in [2.75, 3.05) is 26.2 Å². The predicted molar refractivity (Wildman–Crippen MR) is 113 cm³/mol. The van der Waals surface area contributed by atoms with E-state index in [-0.39, 0.29) is 11.9 Å². The second-order valence-corrected chi connectivity index (χ2v) is 7.16. The third kappa shape index (κ3) is 4.32. The van der Waals surface area contributed by atoms with Crippen LogP contribution in [0.5, 0.6) is 5.75 Å². The lowest BCUT2D eigenvalue weighted by Gasteiger charge is -2.35. The molecule has 2 aromatic carbocycles. The van der Waals surface area contributed by atoms with Gasteiger partial charge in [0.1, 0.15) is 17.6 Å². The van der Waals surface area contributed by atoms with Crippen molar-refractivity contribution in [1.29, 1.82) is 0 Å². The van der Waals surface area contributed by atoms with E-state index in [2.05, 4.69) is 22.4 Å². The Balaban J connectivity index is 1.41. The van der Waals surface area contributed by atoms with Gasteiger partial charge < -0.3 is 19.5 Å². The minimum Gasteiger partial charge on any atom is -0.492 e. The van der Waals surface area contributed by atoms with Crippen LogP contribution in [0.3, 0.4) is 0 Å². The van der Waals surface area contributed by atoms with Crippen molar-refractivity contribution >= 4 is 5.91 Å². The molecule has 29 heavy (non-hydrogen) atoms. The highest BCUT2D eigenvalue weighted by Gasteiger charge is 2.30. The van der Waals surface area contributed by atoms with Crippen LogP contribution in [0, 0.1) is 0 Å². The summed E-state index contributed by atoms with van der Waals surface area (Å²) in [5.74, 6) is 1.80. The number of aromatic nitrogens is 2. The average molecular weight is 390 g/mol. The summed E-state index contributed by atoms with van der Waals surface area (Å²) in [6.45, 7) is 2.54. The number of amides is 1. The van der Waals surface area contributed by atoms with Gasteiger partial charge in [-0.2, -0.15) is 0 Å². The van der Waals surface area contributed by atoms with Crippen molar-refractivity contribution in [2.45, 2.75) is 12.5 Å². The van der Waals surface area contributed by atoms with E-state index in [1.807, 2.05) is 65.2 Å². The number of rotatable bonds is 6. The summed E-state index contributed by atoms with van der Waals surface area (Å²) in [6, 6.07) is 18.0. The van der Waals surface area contributed by atoms with E-state index in [1.54, 1.807) is 6.20 Å². The highest BCUT2D eigenvalue weighted by atomic mass is 16.5. The minimum atomic E-state index is -0.0483. The van der Waals surface area contributed by atoms with Crippen molar-refractivity contribution in [1.82, 2.24) is 19.8 Å². The van der Waals surface area contributed by atoms with Gasteiger partial charge >= 0.3 is 0 Å². The van der Waals surface area contributed by atoms with Crippen LogP contribution in [0.2, 0.25) is 0 Å². The number of nitrogens with one attached hydrogen (secondary N) is 1. The monoisotopic (exact) mass is 390 g/mol. The molecule has 0 aliphatic carbocycles. The van der Waals surface area contributed by atoms with Crippen LogP contribution in [0.25, 0.3) is 11.1 Å². The maximum Gasteiger partial charge on any atom is 0.226 e. The molecule has 6 nitrogen and oxygen atoms in total. The highest BCUT2D eigenvalue weighted by Crippen LogP contribution is 2.29. The van der Waals surface area contributed by atoms with Gasteiger partial charge in [-0.3, -0.25) is 4.79 Å². The van der Waals surface area contributed by atoms with Gasteiger partial charge in [-0.15, -0.1) is 0 Å². The number of para-hydroxylation sites is 1. The van der Waals surface area contributed by atoms with E-state index in [0.717, 1.165) is 29.2 Å². The molecule has 1 aliphatic rings. The lowest BCUT2D eigenvalue weighted by atomic mass is 10.1. The molecule has 1 fully saturated rings.